The van der Waals surface area contributed by atoms with Gasteiger partial charge in [0.05, 0.1) is 11.4 Å². The maximum atomic E-state index is 14.6. The van der Waals surface area contributed by atoms with Crippen LogP contribution >= 0.6 is 0 Å². The van der Waals surface area contributed by atoms with Crippen LogP contribution in [0.15, 0.2) is 54.6 Å². The first-order valence-electron chi connectivity index (χ1n) is 9.83. The molecule has 3 aromatic rings. The number of benzene rings is 2. The van der Waals surface area contributed by atoms with E-state index in [1.165, 1.54) is 10.7 Å². The first-order valence-corrected chi connectivity index (χ1v) is 9.83. The maximum absolute atomic E-state index is 14.6. The quantitative estimate of drug-likeness (QED) is 0.558. The predicted octanol–water partition coefficient (Wildman–Crippen LogP) is 5.99. The van der Waals surface area contributed by atoms with Gasteiger partial charge in [0.15, 0.2) is 0 Å². The minimum Gasteiger partial charge on any atom is -0.478 e. The van der Waals surface area contributed by atoms with Gasteiger partial charge in [0.2, 0.25) is 0 Å². The molecule has 0 spiro atoms. The third kappa shape index (κ3) is 4.73. The molecule has 0 aliphatic heterocycles. The number of rotatable bonds is 6. The Kier molecular flexibility index (Phi) is 5.87. The second-order valence-electron chi connectivity index (χ2n) is 8.78. The number of halogens is 1. The largest absolute Gasteiger partial charge is 0.478 e. The number of carboxylic acid groups (broad SMARTS) is 1. The van der Waals surface area contributed by atoms with E-state index in [1.807, 2.05) is 30.3 Å². The molecular formula is C24H27FN2O2. The van der Waals surface area contributed by atoms with Crippen LogP contribution in [0.1, 0.15) is 50.2 Å². The Morgan fingerprint density at radius 2 is 1.72 bits per heavy atom. The lowest BCUT2D eigenvalue weighted by Gasteiger charge is -2.22. The van der Waals surface area contributed by atoms with Crippen molar-refractivity contribution in [2.24, 2.45) is 11.3 Å². The summed E-state index contributed by atoms with van der Waals surface area (Å²) in [4.78, 5) is 12.3. The molecule has 1 unspecified atom stereocenters. The molecule has 0 radical (unpaired) electrons. The van der Waals surface area contributed by atoms with Crippen molar-refractivity contribution in [3.05, 3.63) is 71.7 Å². The van der Waals surface area contributed by atoms with Gasteiger partial charge in [-0.05, 0) is 36.3 Å². The minimum atomic E-state index is -1.05. The molecule has 1 heterocycles. The standard InChI is InChI=1S/C24H27FN2O2/c1-16(15-24(2,3)4)14-19-21(23(28)29)22(17-10-6-5-7-11-17)27(26-19)20-13-9-8-12-18(20)25/h5-13,16H,14-15H2,1-4H3,(H,28,29). The zero-order chi connectivity index (χ0) is 21.2. The van der Waals surface area contributed by atoms with E-state index < -0.39 is 11.8 Å². The average molecular weight is 394 g/mol. The maximum Gasteiger partial charge on any atom is 0.339 e. The third-order valence-corrected chi connectivity index (χ3v) is 4.80. The van der Waals surface area contributed by atoms with Gasteiger partial charge in [0, 0.05) is 5.56 Å². The molecule has 2 aromatic carbocycles. The predicted molar refractivity (Wildman–Crippen MR) is 113 cm³/mol. The smallest absolute Gasteiger partial charge is 0.339 e. The van der Waals surface area contributed by atoms with Gasteiger partial charge in [-0.3, -0.25) is 0 Å². The van der Waals surface area contributed by atoms with E-state index in [9.17, 15) is 14.3 Å². The molecule has 1 N–H and O–H groups in total. The number of para-hydroxylation sites is 1. The van der Waals surface area contributed by atoms with Gasteiger partial charge >= 0.3 is 5.97 Å². The molecule has 3 rings (SSSR count). The summed E-state index contributed by atoms with van der Waals surface area (Å²) >= 11 is 0. The van der Waals surface area contributed by atoms with Crippen LogP contribution in [-0.4, -0.2) is 20.9 Å². The third-order valence-electron chi connectivity index (χ3n) is 4.80. The summed E-state index contributed by atoms with van der Waals surface area (Å²) in [5, 5.41) is 14.6. The lowest BCUT2D eigenvalue weighted by Crippen LogP contribution is -2.14. The Labute approximate surface area is 171 Å². The summed E-state index contributed by atoms with van der Waals surface area (Å²) in [7, 11) is 0. The van der Waals surface area contributed by atoms with E-state index in [1.54, 1.807) is 18.2 Å². The van der Waals surface area contributed by atoms with Gasteiger partial charge in [0.25, 0.3) is 0 Å². The van der Waals surface area contributed by atoms with Crippen molar-refractivity contribution in [3.63, 3.8) is 0 Å². The Morgan fingerprint density at radius 3 is 2.31 bits per heavy atom. The molecule has 0 saturated carbocycles. The lowest BCUT2D eigenvalue weighted by atomic mass is 9.83. The van der Waals surface area contributed by atoms with Gasteiger partial charge in [0.1, 0.15) is 17.1 Å². The van der Waals surface area contributed by atoms with E-state index >= 15 is 0 Å². The molecule has 0 aliphatic carbocycles. The van der Waals surface area contributed by atoms with Gasteiger partial charge in [-0.15, -0.1) is 0 Å². The van der Waals surface area contributed by atoms with E-state index in [4.69, 9.17) is 0 Å². The van der Waals surface area contributed by atoms with E-state index in [2.05, 4.69) is 32.8 Å². The van der Waals surface area contributed by atoms with Crippen molar-refractivity contribution in [2.45, 2.75) is 40.5 Å². The highest BCUT2D eigenvalue weighted by atomic mass is 19.1. The zero-order valence-corrected chi connectivity index (χ0v) is 17.3. The number of hydrogen-bond acceptors (Lipinski definition) is 2. The van der Waals surface area contributed by atoms with Crippen LogP contribution in [0.25, 0.3) is 16.9 Å². The molecule has 0 fully saturated rings. The molecule has 4 nitrogen and oxygen atoms in total. The van der Waals surface area contributed by atoms with Crippen LogP contribution in [0.5, 0.6) is 0 Å². The van der Waals surface area contributed by atoms with E-state index in [-0.39, 0.29) is 22.6 Å². The fourth-order valence-corrected chi connectivity index (χ4v) is 3.94. The van der Waals surface area contributed by atoms with Crippen molar-refractivity contribution in [3.8, 4) is 16.9 Å². The number of nitrogens with zero attached hydrogens (tertiary/aromatic N) is 2. The Balaban J connectivity index is 2.20. The summed E-state index contributed by atoms with van der Waals surface area (Å²) in [5.41, 5.74) is 2.08. The molecule has 0 saturated heterocycles. The highest BCUT2D eigenvalue weighted by Crippen LogP contribution is 2.33. The highest BCUT2D eigenvalue weighted by Gasteiger charge is 2.28. The van der Waals surface area contributed by atoms with Crippen molar-refractivity contribution >= 4 is 5.97 Å². The van der Waals surface area contributed by atoms with Crippen molar-refractivity contribution in [2.75, 3.05) is 0 Å². The van der Waals surface area contributed by atoms with Crippen LogP contribution in [0, 0.1) is 17.2 Å². The summed E-state index contributed by atoms with van der Waals surface area (Å²) in [6, 6.07) is 15.5. The number of carboxylic acids is 1. The Morgan fingerprint density at radius 1 is 1.10 bits per heavy atom. The van der Waals surface area contributed by atoms with E-state index in [0.29, 0.717) is 23.4 Å². The molecule has 0 bridgehead atoms. The summed E-state index contributed by atoms with van der Waals surface area (Å²) in [6.07, 6.45) is 1.44. The summed E-state index contributed by atoms with van der Waals surface area (Å²) in [5.74, 6) is -1.26. The van der Waals surface area contributed by atoms with Gasteiger partial charge < -0.3 is 5.11 Å². The van der Waals surface area contributed by atoms with Crippen LogP contribution < -0.4 is 0 Å². The first kappa shape index (κ1) is 20.8. The molecular weight excluding hydrogens is 367 g/mol. The number of hydrogen-bond donors (Lipinski definition) is 1. The summed E-state index contributed by atoms with van der Waals surface area (Å²) < 4.78 is 16.0. The fourth-order valence-electron chi connectivity index (χ4n) is 3.94. The number of carbonyl (C=O) groups is 1. The molecule has 1 atom stereocenters. The number of aromatic carboxylic acids is 1. The molecule has 5 heteroatoms. The van der Waals surface area contributed by atoms with Crippen LogP contribution in [-0.2, 0) is 6.42 Å². The number of aromatic nitrogens is 2. The Hall–Kier alpha value is -2.95. The molecule has 0 aliphatic rings. The molecule has 0 amide bonds. The second-order valence-corrected chi connectivity index (χ2v) is 8.78. The van der Waals surface area contributed by atoms with E-state index in [0.717, 1.165) is 6.42 Å². The van der Waals surface area contributed by atoms with Gasteiger partial charge in [-0.1, -0.05) is 70.2 Å². The molecule has 29 heavy (non-hydrogen) atoms. The molecule has 1 aromatic heterocycles. The normalized spacial score (nSPS) is 12.7. The molecule has 152 valence electrons. The average Bonchev–Trinajstić information content (AvgIpc) is 3.00. The van der Waals surface area contributed by atoms with Gasteiger partial charge in [-0.2, -0.15) is 5.10 Å². The lowest BCUT2D eigenvalue weighted by molar-refractivity contribution is 0.0696. The van der Waals surface area contributed by atoms with Gasteiger partial charge in [-0.25, -0.2) is 13.9 Å². The summed E-state index contributed by atoms with van der Waals surface area (Å²) in [6.45, 7) is 8.58. The monoisotopic (exact) mass is 394 g/mol. The van der Waals surface area contributed by atoms with Crippen LogP contribution in [0.2, 0.25) is 0 Å². The SMILES string of the molecule is CC(Cc1nn(-c2ccccc2F)c(-c2ccccc2)c1C(=O)O)CC(C)(C)C. The second kappa shape index (κ2) is 8.19. The minimum absolute atomic E-state index is 0.124. The van der Waals surface area contributed by atoms with Crippen molar-refractivity contribution < 1.29 is 14.3 Å². The van der Waals surface area contributed by atoms with Crippen molar-refractivity contribution in [1.29, 1.82) is 0 Å². The van der Waals surface area contributed by atoms with Crippen LogP contribution in [0.3, 0.4) is 0 Å². The Bertz CT molecular complexity index is 1000. The fraction of sp³-hybridized carbons (Fsp3) is 0.333. The first-order chi connectivity index (χ1) is 13.7. The highest BCUT2D eigenvalue weighted by molar-refractivity contribution is 5.96. The zero-order valence-electron chi connectivity index (χ0n) is 17.3. The van der Waals surface area contributed by atoms with Crippen molar-refractivity contribution in [1.82, 2.24) is 9.78 Å². The topological polar surface area (TPSA) is 55.1 Å². The van der Waals surface area contributed by atoms with Crippen LogP contribution in [0.4, 0.5) is 4.39 Å².